The quantitative estimate of drug-likeness (QED) is 0.814. The average Bonchev–Trinajstić information content (AvgIpc) is 3.02. The highest BCUT2D eigenvalue weighted by Gasteiger charge is 2.24. The number of likely N-dealkylation sites (tertiary alicyclic amines) is 1. The van der Waals surface area contributed by atoms with E-state index in [1.807, 2.05) is 46.6 Å². The molecule has 2 nitrogen and oxygen atoms in total. The van der Waals surface area contributed by atoms with Crippen LogP contribution < -0.4 is 0 Å². The van der Waals surface area contributed by atoms with Crippen LogP contribution in [0.15, 0.2) is 47.8 Å². The predicted molar refractivity (Wildman–Crippen MR) is 78.6 cm³/mol. The van der Waals surface area contributed by atoms with Crippen molar-refractivity contribution in [2.45, 2.75) is 18.8 Å². The molecule has 1 aliphatic heterocycles. The molecule has 2 aromatic rings. The van der Waals surface area contributed by atoms with E-state index in [2.05, 4.69) is 17.5 Å². The molecule has 0 atom stereocenters. The van der Waals surface area contributed by atoms with Gasteiger partial charge in [0.25, 0.3) is 5.91 Å². The fraction of sp³-hybridized carbons (Fsp3) is 0.312. The maximum atomic E-state index is 12.3. The molecule has 3 heteroatoms. The number of hydrogen-bond acceptors (Lipinski definition) is 2. The van der Waals surface area contributed by atoms with E-state index in [0.29, 0.717) is 5.92 Å². The molecule has 0 unspecified atom stereocenters. The Labute approximate surface area is 117 Å². The Kier molecular flexibility index (Phi) is 3.65. The van der Waals surface area contributed by atoms with Gasteiger partial charge in [0.1, 0.15) is 0 Å². The van der Waals surface area contributed by atoms with Gasteiger partial charge in [-0.1, -0.05) is 24.3 Å². The number of benzene rings is 1. The largest absolute Gasteiger partial charge is 0.339 e. The van der Waals surface area contributed by atoms with E-state index in [1.54, 1.807) is 0 Å². The maximum absolute atomic E-state index is 12.3. The van der Waals surface area contributed by atoms with Gasteiger partial charge < -0.3 is 4.90 Å². The standard InChI is InChI=1S/C16H17NOS/c18-16(14-5-2-1-3-6-14)17-10-8-13(9-11-17)15-7-4-12-19-15/h1-7,12-13H,8-11H2. The number of carbonyl (C=O) groups is 1. The highest BCUT2D eigenvalue weighted by atomic mass is 32.1. The van der Waals surface area contributed by atoms with Gasteiger partial charge >= 0.3 is 0 Å². The van der Waals surface area contributed by atoms with Crippen LogP contribution >= 0.6 is 11.3 Å². The van der Waals surface area contributed by atoms with Crippen molar-refractivity contribution in [3.05, 3.63) is 58.3 Å². The lowest BCUT2D eigenvalue weighted by Gasteiger charge is -2.31. The van der Waals surface area contributed by atoms with Gasteiger partial charge in [-0.3, -0.25) is 4.79 Å². The summed E-state index contributed by atoms with van der Waals surface area (Å²) in [5, 5.41) is 2.14. The molecule has 1 saturated heterocycles. The third-order valence-corrected chi connectivity index (χ3v) is 4.78. The molecule has 3 rings (SSSR count). The molecule has 1 fully saturated rings. The normalized spacial score (nSPS) is 16.5. The van der Waals surface area contributed by atoms with Crippen molar-refractivity contribution in [3.63, 3.8) is 0 Å². The third kappa shape index (κ3) is 2.71. The van der Waals surface area contributed by atoms with Crippen molar-refractivity contribution in [1.82, 2.24) is 4.90 Å². The van der Waals surface area contributed by atoms with E-state index >= 15 is 0 Å². The second-order valence-electron chi connectivity index (χ2n) is 4.95. The summed E-state index contributed by atoms with van der Waals surface area (Å²) >= 11 is 1.83. The molecule has 98 valence electrons. The van der Waals surface area contributed by atoms with Gasteiger partial charge in [0.05, 0.1) is 0 Å². The van der Waals surface area contributed by atoms with Crippen molar-refractivity contribution >= 4 is 17.2 Å². The van der Waals surface area contributed by atoms with Crippen LogP contribution in [0.1, 0.15) is 34.0 Å². The van der Waals surface area contributed by atoms with Gasteiger partial charge in [0, 0.05) is 23.5 Å². The summed E-state index contributed by atoms with van der Waals surface area (Å²) in [6.07, 6.45) is 2.16. The first-order chi connectivity index (χ1) is 9.34. The van der Waals surface area contributed by atoms with Crippen LogP contribution in [0.2, 0.25) is 0 Å². The van der Waals surface area contributed by atoms with E-state index in [4.69, 9.17) is 0 Å². The number of thiophene rings is 1. The SMILES string of the molecule is O=C(c1ccccc1)N1CCC(c2cccs2)CC1. The Balaban J connectivity index is 1.63. The second kappa shape index (κ2) is 5.57. The van der Waals surface area contributed by atoms with E-state index in [1.165, 1.54) is 4.88 Å². The minimum Gasteiger partial charge on any atom is -0.339 e. The summed E-state index contributed by atoms with van der Waals surface area (Å²) in [7, 11) is 0. The molecule has 19 heavy (non-hydrogen) atoms. The number of carbonyl (C=O) groups excluding carboxylic acids is 1. The smallest absolute Gasteiger partial charge is 0.253 e. The van der Waals surface area contributed by atoms with E-state index in [9.17, 15) is 4.79 Å². The van der Waals surface area contributed by atoms with Gasteiger partial charge in [-0.15, -0.1) is 11.3 Å². The van der Waals surface area contributed by atoms with Gasteiger partial charge in [-0.2, -0.15) is 0 Å². The summed E-state index contributed by atoms with van der Waals surface area (Å²) in [6, 6.07) is 13.9. The third-order valence-electron chi connectivity index (χ3n) is 3.75. The number of piperidine rings is 1. The van der Waals surface area contributed by atoms with Crippen molar-refractivity contribution in [2.75, 3.05) is 13.1 Å². The van der Waals surface area contributed by atoms with Crippen LogP contribution in [-0.2, 0) is 0 Å². The first-order valence-electron chi connectivity index (χ1n) is 6.72. The molecule has 0 N–H and O–H groups in total. The Bertz CT molecular complexity index is 527. The maximum Gasteiger partial charge on any atom is 0.253 e. The van der Waals surface area contributed by atoms with Crippen LogP contribution in [0.5, 0.6) is 0 Å². The molecule has 0 spiro atoms. The van der Waals surface area contributed by atoms with E-state index in [-0.39, 0.29) is 5.91 Å². The number of nitrogens with zero attached hydrogens (tertiary/aromatic N) is 1. The molecule has 0 aliphatic carbocycles. The van der Waals surface area contributed by atoms with Gasteiger partial charge in [0.15, 0.2) is 0 Å². The molecule has 0 bridgehead atoms. The van der Waals surface area contributed by atoms with Gasteiger partial charge in [0.2, 0.25) is 0 Å². The lowest BCUT2D eigenvalue weighted by atomic mass is 9.95. The van der Waals surface area contributed by atoms with Crippen LogP contribution in [-0.4, -0.2) is 23.9 Å². The van der Waals surface area contributed by atoms with Gasteiger partial charge in [-0.25, -0.2) is 0 Å². The van der Waals surface area contributed by atoms with Gasteiger partial charge in [-0.05, 0) is 42.3 Å². The molecule has 1 aliphatic rings. The highest BCUT2D eigenvalue weighted by Crippen LogP contribution is 2.31. The molecule has 1 amide bonds. The number of hydrogen-bond donors (Lipinski definition) is 0. The zero-order chi connectivity index (χ0) is 13.1. The summed E-state index contributed by atoms with van der Waals surface area (Å²) < 4.78 is 0. The van der Waals surface area contributed by atoms with E-state index < -0.39 is 0 Å². The first-order valence-corrected chi connectivity index (χ1v) is 7.60. The summed E-state index contributed by atoms with van der Waals surface area (Å²) in [4.78, 5) is 15.8. The summed E-state index contributed by atoms with van der Waals surface area (Å²) in [6.45, 7) is 1.74. The van der Waals surface area contributed by atoms with Crippen molar-refractivity contribution in [3.8, 4) is 0 Å². The molecule has 0 saturated carbocycles. The minimum absolute atomic E-state index is 0.172. The molecule has 1 aromatic carbocycles. The minimum atomic E-state index is 0.172. The number of rotatable bonds is 2. The second-order valence-corrected chi connectivity index (χ2v) is 5.93. The monoisotopic (exact) mass is 271 g/mol. The zero-order valence-electron chi connectivity index (χ0n) is 10.8. The highest BCUT2D eigenvalue weighted by molar-refractivity contribution is 7.10. The van der Waals surface area contributed by atoms with Crippen molar-refractivity contribution in [2.24, 2.45) is 0 Å². The van der Waals surface area contributed by atoms with Crippen LogP contribution in [0.4, 0.5) is 0 Å². The molecule has 0 radical (unpaired) electrons. The Morgan fingerprint density at radius 3 is 2.42 bits per heavy atom. The summed E-state index contributed by atoms with van der Waals surface area (Å²) in [5.41, 5.74) is 0.803. The van der Waals surface area contributed by atoms with Crippen LogP contribution in [0.3, 0.4) is 0 Å². The Hall–Kier alpha value is -1.61. The zero-order valence-corrected chi connectivity index (χ0v) is 11.6. The Morgan fingerprint density at radius 2 is 1.79 bits per heavy atom. The number of amides is 1. The first kappa shape index (κ1) is 12.4. The lowest BCUT2D eigenvalue weighted by Crippen LogP contribution is -2.37. The Morgan fingerprint density at radius 1 is 1.05 bits per heavy atom. The fourth-order valence-electron chi connectivity index (χ4n) is 2.65. The average molecular weight is 271 g/mol. The molecule has 1 aromatic heterocycles. The topological polar surface area (TPSA) is 20.3 Å². The molecular weight excluding hydrogens is 254 g/mol. The van der Waals surface area contributed by atoms with Crippen LogP contribution in [0.25, 0.3) is 0 Å². The molecular formula is C16H17NOS. The molecule has 2 heterocycles. The fourth-order valence-corrected chi connectivity index (χ4v) is 3.55. The predicted octanol–water partition coefficient (Wildman–Crippen LogP) is 3.77. The van der Waals surface area contributed by atoms with Crippen molar-refractivity contribution in [1.29, 1.82) is 0 Å². The lowest BCUT2D eigenvalue weighted by molar-refractivity contribution is 0.0714. The van der Waals surface area contributed by atoms with Crippen molar-refractivity contribution < 1.29 is 4.79 Å². The van der Waals surface area contributed by atoms with E-state index in [0.717, 1.165) is 31.5 Å². The summed E-state index contributed by atoms with van der Waals surface area (Å²) in [5.74, 6) is 0.810. The van der Waals surface area contributed by atoms with Crippen LogP contribution in [0, 0.1) is 0 Å².